The Bertz CT molecular complexity index is 1350. The lowest BCUT2D eigenvalue weighted by molar-refractivity contribution is -0.384. The molecule has 0 unspecified atom stereocenters. The summed E-state index contributed by atoms with van der Waals surface area (Å²) in [5, 5.41) is 17.7. The predicted octanol–water partition coefficient (Wildman–Crippen LogP) is 3.37. The van der Waals surface area contributed by atoms with Gasteiger partial charge >= 0.3 is 6.03 Å². The van der Waals surface area contributed by atoms with E-state index in [0.29, 0.717) is 28.3 Å². The van der Waals surface area contributed by atoms with Crippen LogP contribution in [0.5, 0.6) is 0 Å². The van der Waals surface area contributed by atoms with Crippen molar-refractivity contribution in [3.05, 3.63) is 86.7 Å². The van der Waals surface area contributed by atoms with Crippen LogP contribution in [-0.4, -0.2) is 32.5 Å². The molecule has 0 saturated carbocycles. The van der Waals surface area contributed by atoms with Gasteiger partial charge in [0.05, 0.1) is 22.0 Å². The van der Waals surface area contributed by atoms with E-state index in [-0.39, 0.29) is 11.3 Å². The van der Waals surface area contributed by atoms with E-state index in [9.17, 15) is 24.5 Å². The van der Waals surface area contributed by atoms with Crippen LogP contribution in [0.1, 0.15) is 22.5 Å². The van der Waals surface area contributed by atoms with Crippen LogP contribution in [-0.2, 0) is 9.59 Å². The second-order valence-electron chi connectivity index (χ2n) is 7.57. The summed E-state index contributed by atoms with van der Waals surface area (Å²) in [6.07, 6.45) is 1.39. The first-order valence-corrected chi connectivity index (χ1v) is 9.96. The summed E-state index contributed by atoms with van der Waals surface area (Å²) in [4.78, 5) is 49.6. The summed E-state index contributed by atoms with van der Waals surface area (Å²) < 4.78 is 1.50. The third-order valence-electron chi connectivity index (χ3n) is 5.31. The number of amides is 4. The van der Waals surface area contributed by atoms with Crippen molar-refractivity contribution in [3.63, 3.8) is 0 Å². The Kier molecular flexibility index (Phi) is 5.34. The minimum absolute atomic E-state index is 0.0888. The number of nitro benzene ring substituents is 1. The Hall–Kier alpha value is -4.60. The number of anilines is 1. The number of hydrogen-bond acceptors (Lipinski definition) is 6. The first kappa shape index (κ1) is 21.6. The molecule has 1 aliphatic heterocycles. The number of rotatable bonds is 4. The second kappa shape index (κ2) is 8.15. The molecule has 4 amide bonds. The highest BCUT2D eigenvalue weighted by molar-refractivity contribution is 6.39. The molecule has 10 nitrogen and oxygen atoms in total. The monoisotopic (exact) mass is 445 g/mol. The number of aromatic nitrogens is 2. The third-order valence-corrected chi connectivity index (χ3v) is 5.31. The number of hydrogen-bond donors (Lipinski definition) is 1. The fourth-order valence-electron chi connectivity index (χ4n) is 3.58. The molecule has 3 aromatic rings. The lowest BCUT2D eigenvalue weighted by Crippen LogP contribution is -2.54. The molecule has 0 bridgehead atoms. The number of barbiturate groups is 1. The summed E-state index contributed by atoms with van der Waals surface area (Å²) in [6, 6.07) is 11.9. The van der Waals surface area contributed by atoms with Crippen LogP contribution in [0.25, 0.3) is 11.8 Å². The number of carbonyl (C=O) groups is 3. The van der Waals surface area contributed by atoms with Crippen molar-refractivity contribution in [2.75, 3.05) is 4.90 Å². The highest BCUT2D eigenvalue weighted by atomic mass is 16.6. The van der Waals surface area contributed by atoms with Gasteiger partial charge in [-0.2, -0.15) is 5.10 Å². The zero-order chi connectivity index (χ0) is 23.9. The normalized spacial score (nSPS) is 15.2. The minimum Gasteiger partial charge on any atom is -0.273 e. The summed E-state index contributed by atoms with van der Waals surface area (Å²) in [7, 11) is 0. The van der Waals surface area contributed by atoms with Crippen LogP contribution in [0.3, 0.4) is 0 Å². The Morgan fingerprint density at radius 2 is 1.70 bits per heavy atom. The number of urea groups is 1. The van der Waals surface area contributed by atoms with Crippen LogP contribution in [0.2, 0.25) is 0 Å². The Morgan fingerprint density at radius 3 is 2.36 bits per heavy atom. The van der Waals surface area contributed by atoms with Crippen LogP contribution in [0.15, 0.2) is 54.1 Å². The maximum absolute atomic E-state index is 13.1. The number of benzene rings is 2. The number of aryl methyl sites for hydroxylation is 2. The summed E-state index contributed by atoms with van der Waals surface area (Å²) in [5.41, 5.74) is 3.01. The minimum atomic E-state index is -0.827. The first-order valence-electron chi connectivity index (χ1n) is 9.96. The number of carbonyl (C=O) groups excluding carboxylic acids is 3. The number of nitrogens with one attached hydrogen (secondary N) is 1. The molecule has 2 aromatic carbocycles. The van der Waals surface area contributed by atoms with E-state index < -0.39 is 22.8 Å². The molecule has 4 rings (SSSR count). The molecule has 0 radical (unpaired) electrons. The van der Waals surface area contributed by atoms with Crippen molar-refractivity contribution in [3.8, 4) is 5.69 Å². The van der Waals surface area contributed by atoms with Crippen molar-refractivity contribution in [1.82, 2.24) is 15.1 Å². The van der Waals surface area contributed by atoms with Crippen LogP contribution in [0.4, 0.5) is 16.2 Å². The van der Waals surface area contributed by atoms with Crippen molar-refractivity contribution in [1.29, 1.82) is 0 Å². The second-order valence-corrected chi connectivity index (χ2v) is 7.57. The molecule has 2 heterocycles. The van der Waals surface area contributed by atoms with Gasteiger partial charge in [0, 0.05) is 23.4 Å². The lowest BCUT2D eigenvalue weighted by atomic mass is 10.1. The van der Waals surface area contributed by atoms with Crippen LogP contribution in [0, 0.1) is 30.9 Å². The summed E-state index contributed by atoms with van der Waals surface area (Å²) in [6.45, 7) is 5.29. The molecule has 10 heteroatoms. The molecule has 33 heavy (non-hydrogen) atoms. The molecule has 1 saturated heterocycles. The van der Waals surface area contributed by atoms with Crippen molar-refractivity contribution < 1.29 is 19.3 Å². The quantitative estimate of drug-likeness (QED) is 0.284. The largest absolute Gasteiger partial charge is 0.335 e. The van der Waals surface area contributed by atoms with Gasteiger partial charge in [-0.1, -0.05) is 23.8 Å². The van der Waals surface area contributed by atoms with Gasteiger partial charge in [-0.25, -0.2) is 14.4 Å². The molecular formula is C23H19N5O5. The molecule has 0 spiro atoms. The molecule has 166 valence electrons. The molecule has 0 atom stereocenters. The average molecular weight is 445 g/mol. The van der Waals surface area contributed by atoms with Crippen LogP contribution >= 0.6 is 0 Å². The molecule has 1 aliphatic rings. The van der Waals surface area contributed by atoms with Crippen molar-refractivity contribution >= 4 is 35.3 Å². The van der Waals surface area contributed by atoms with Gasteiger partial charge in [0.1, 0.15) is 5.57 Å². The predicted molar refractivity (Wildman–Crippen MR) is 120 cm³/mol. The Morgan fingerprint density at radius 1 is 1.00 bits per heavy atom. The zero-order valence-electron chi connectivity index (χ0n) is 18.0. The highest BCUT2D eigenvalue weighted by Crippen LogP contribution is 2.26. The molecule has 0 aliphatic carbocycles. The van der Waals surface area contributed by atoms with E-state index in [1.807, 2.05) is 6.92 Å². The SMILES string of the molecule is Cc1ccc(N2C(=O)NC(=O)/C(=C\c3c(C)nn(-c4cccc([N+](=O)[O-])c4)c3C)C2=O)cc1. The standard InChI is InChI=1S/C23H19N5O5/c1-13-7-9-16(10-8-13)26-22(30)20(21(29)24-23(26)31)12-19-14(2)25-27(15(19)3)17-5-4-6-18(11-17)28(32)33/h4-12H,1-3H3,(H,24,29,31)/b20-12+. The fourth-order valence-corrected chi connectivity index (χ4v) is 3.58. The summed E-state index contributed by atoms with van der Waals surface area (Å²) >= 11 is 0. The van der Waals surface area contributed by atoms with Crippen molar-refractivity contribution in [2.24, 2.45) is 0 Å². The van der Waals surface area contributed by atoms with Gasteiger partial charge in [0.2, 0.25) is 0 Å². The Labute approximate surface area is 188 Å². The van der Waals surface area contributed by atoms with Gasteiger partial charge in [-0.15, -0.1) is 0 Å². The van der Waals surface area contributed by atoms with E-state index in [1.54, 1.807) is 50.2 Å². The fraction of sp³-hybridized carbons (Fsp3) is 0.130. The van der Waals surface area contributed by atoms with Crippen LogP contribution < -0.4 is 10.2 Å². The van der Waals surface area contributed by atoms with Gasteiger partial charge in [0.25, 0.3) is 17.5 Å². The summed E-state index contributed by atoms with van der Waals surface area (Å²) in [5.74, 6) is -1.57. The zero-order valence-corrected chi connectivity index (χ0v) is 18.0. The average Bonchev–Trinajstić information content (AvgIpc) is 3.05. The van der Waals surface area contributed by atoms with Gasteiger partial charge in [-0.05, 0) is 45.0 Å². The first-order chi connectivity index (χ1) is 15.7. The Balaban J connectivity index is 1.76. The van der Waals surface area contributed by atoms with Crippen molar-refractivity contribution in [2.45, 2.75) is 20.8 Å². The van der Waals surface area contributed by atoms with Gasteiger partial charge in [-0.3, -0.25) is 25.0 Å². The molecular weight excluding hydrogens is 426 g/mol. The maximum Gasteiger partial charge on any atom is 0.335 e. The van der Waals surface area contributed by atoms with E-state index in [2.05, 4.69) is 10.4 Å². The van der Waals surface area contributed by atoms with E-state index in [0.717, 1.165) is 10.5 Å². The number of non-ortho nitro benzene ring substituents is 1. The molecule has 1 fully saturated rings. The molecule has 1 aromatic heterocycles. The van der Waals surface area contributed by atoms with E-state index >= 15 is 0 Å². The topological polar surface area (TPSA) is 127 Å². The van der Waals surface area contributed by atoms with E-state index in [1.165, 1.54) is 22.9 Å². The number of nitrogens with zero attached hydrogens (tertiary/aromatic N) is 4. The maximum atomic E-state index is 13.1. The van der Waals surface area contributed by atoms with Gasteiger partial charge < -0.3 is 0 Å². The third kappa shape index (κ3) is 3.89. The molecule has 1 N–H and O–H groups in total. The number of imide groups is 2. The lowest BCUT2D eigenvalue weighted by Gasteiger charge is -2.26. The highest BCUT2D eigenvalue weighted by Gasteiger charge is 2.37. The smallest absolute Gasteiger partial charge is 0.273 e. The van der Waals surface area contributed by atoms with E-state index in [4.69, 9.17) is 0 Å². The number of nitro groups is 1. The van der Waals surface area contributed by atoms with Gasteiger partial charge in [0.15, 0.2) is 0 Å².